The van der Waals surface area contributed by atoms with Gasteiger partial charge in [0.15, 0.2) is 0 Å². The maximum atomic E-state index is 12.8. The normalized spacial score (nSPS) is 12.1. The Labute approximate surface area is 161 Å². The van der Waals surface area contributed by atoms with Gasteiger partial charge in [0, 0.05) is 30.1 Å². The number of amides is 1. The van der Waals surface area contributed by atoms with E-state index in [1.807, 2.05) is 36.1 Å². The van der Waals surface area contributed by atoms with Gasteiger partial charge in [-0.3, -0.25) is 4.79 Å². The molecule has 3 aromatic rings. The van der Waals surface area contributed by atoms with Crippen molar-refractivity contribution in [3.63, 3.8) is 0 Å². The minimum Gasteiger partial charge on any atom is -0.497 e. The number of benzene rings is 2. The summed E-state index contributed by atoms with van der Waals surface area (Å²) < 4.78 is 5.31. The van der Waals surface area contributed by atoms with Crippen molar-refractivity contribution in [1.29, 1.82) is 0 Å². The zero-order chi connectivity index (χ0) is 19.2. The number of aryl methyl sites for hydroxylation is 1. The lowest BCUT2D eigenvalue weighted by atomic mass is 10.0. The second-order valence-electron chi connectivity index (χ2n) is 6.85. The van der Waals surface area contributed by atoms with E-state index in [-0.39, 0.29) is 11.9 Å². The summed E-state index contributed by atoms with van der Waals surface area (Å²) in [6.07, 6.45) is 4.37. The molecule has 0 saturated heterocycles. The molecule has 0 fully saturated rings. The fraction of sp³-hybridized carbons (Fsp3) is 0.348. The fourth-order valence-electron chi connectivity index (χ4n) is 3.66. The zero-order valence-corrected chi connectivity index (χ0v) is 16.4. The molecule has 0 aliphatic carbocycles. The van der Waals surface area contributed by atoms with Gasteiger partial charge in [0.1, 0.15) is 5.75 Å². The molecule has 3 rings (SSSR count). The second-order valence-corrected chi connectivity index (χ2v) is 6.85. The summed E-state index contributed by atoms with van der Waals surface area (Å²) >= 11 is 0. The standard InChI is InChI=1S/C23H28N2O2/c1-4-25(17(2)18-9-7-11-20(15-18)27-3)23(26)14-8-10-19-16-24-22-13-6-5-12-21(19)22/h5-7,9,11-13,15-17,24H,4,8,10,14H2,1-3H3. The average molecular weight is 364 g/mol. The number of methoxy groups -OCH3 is 1. The first kappa shape index (κ1) is 19.0. The minimum atomic E-state index is 0.0330. The van der Waals surface area contributed by atoms with Crippen LogP contribution >= 0.6 is 0 Å². The number of rotatable bonds is 8. The third-order valence-electron chi connectivity index (χ3n) is 5.22. The number of ether oxygens (including phenoxy) is 1. The highest BCUT2D eigenvalue weighted by Crippen LogP contribution is 2.25. The molecule has 0 radical (unpaired) electrons. The first-order valence-electron chi connectivity index (χ1n) is 9.62. The van der Waals surface area contributed by atoms with Crippen molar-refractivity contribution >= 4 is 16.8 Å². The number of fused-ring (bicyclic) bond motifs is 1. The maximum absolute atomic E-state index is 12.8. The predicted octanol–water partition coefficient (Wildman–Crippen LogP) is 5.11. The summed E-state index contributed by atoms with van der Waals surface area (Å²) in [6, 6.07) is 16.3. The first-order chi connectivity index (χ1) is 13.1. The monoisotopic (exact) mass is 364 g/mol. The average Bonchev–Trinajstić information content (AvgIpc) is 3.12. The molecule has 0 aliphatic rings. The zero-order valence-electron chi connectivity index (χ0n) is 16.4. The van der Waals surface area contributed by atoms with Gasteiger partial charge >= 0.3 is 0 Å². The van der Waals surface area contributed by atoms with Gasteiger partial charge in [-0.1, -0.05) is 30.3 Å². The Kier molecular flexibility index (Phi) is 6.17. The highest BCUT2D eigenvalue weighted by atomic mass is 16.5. The fourth-order valence-corrected chi connectivity index (χ4v) is 3.66. The van der Waals surface area contributed by atoms with Gasteiger partial charge in [0.25, 0.3) is 0 Å². The van der Waals surface area contributed by atoms with Gasteiger partial charge in [-0.2, -0.15) is 0 Å². The van der Waals surface area contributed by atoms with Gasteiger partial charge in [0.2, 0.25) is 5.91 Å². The van der Waals surface area contributed by atoms with Crippen molar-refractivity contribution in [2.75, 3.05) is 13.7 Å². The van der Waals surface area contributed by atoms with Crippen LogP contribution in [-0.2, 0) is 11.2 Å². The van der Waals surface area contributed by atoms with Crippen molar-refractivity contribution in [1.82, 2.24) is 9.88 Å². The molecular weight excluding hydrogens is 336 g/mol. The Morgan fingerprint density at radius 2 is 2.00 bits per heavy atom. The molecule has 0 saturated carbocycles. The number of para-hydroxylation sites is 1. The third-order valence-corrected chi connectivity index (χ3v) is 5.22. The smallest absolute Gasteiger partial charge is 0.223 e. The third kappa shape index (κ3) is 4.33. The number of hydrogen-bond donors (Lipinski definition) is 1. The molecule has 1 aromatic heterocycles. The summed E-state index contributed by atoms with van der Waals surface area (Å²) in [5, 5.41) is 1.25. The van der Waals surface area contributed by atoms with Crippen molar-refractivity contribution in [2.45, 2.75) is 39.2 Å². The number of hydrogen-bond acceptors (Lipinski definition) is 2. The van der Waals surface area contributed by atoms with Crippen molar-refractivity contribution in [2.24, 2.45) is 0 Å². The molecule has 1 N–H and O–H groups in total. The van der Waals surface area contributed by atoms with E-state index < -0.39 is 0 Å². The number of H-pyrrole nitrogens is 1. The van der Waals surface area contributed by atoms with Crippen molar-refractivity contribution in [3.05, 3.63) is 65.9 Å². The summed E-state index contributed by atoms with van der Waals surface area (Å²) in [7, 11) is 1.66. The van der Waals surface area contributed by atoms with Crippen LogP contribution in [0.25, 0.3) is 10.9 Å². The van der Waals surface area contributed by atoms with E-state index in [1.165, 1.54) is 10.9 Å². The highest BCUT2D eigenvalue weighted by molar-refractivity contribution is 5.83. The Hall–Kier alpha value is -2.75. The first-order valence-corrected chi connectivity index (χ1v) is 9.62. The van der Waals surface area contributed by atoms with E-state index in [4.69, 9.17) is 4.74 Å². The van der Waals surface area contributed by atoms with Crippen LogP contribution in [0.5, 0.6) is 5.75 Å². The van der Waals surface area contributed by atoms with Crippen LogP contribution in [0.2, 0.25) is 0 Å². The predicted molar refractivity (Wildman–Crippen MR) is 110 cm³/mol. The second kappa shape index (κ2) is 8.76. The molecule has 1 heterocycles. The number of carbonyl (C=O) groups excluding carboxylic acids is 1. The van der Waals surface area contributed by atoms with Crippen molar-refractivity contribution in [3.8, 4) is 5.75 Å². The number of nitrogens with one attached hydrogen (secondary N) is 1. The molecule has 1 amide bonds. The van der Waals surface area contributed by atoms with E-state index in [2.05, 4.69) is 42.4 Å². The Balaban J connectivity index is 1.61. The molecule has 4 nitrogen and oxygen atoms in total. The maximum Gasteiger partial charge on any atom is 0.223 e. The number of aromatic amines is 1. The van der Waals surface area contributed by atoms with Crippen LogP contribution in [0.4, 0.5) is 0 Å². The summed E-state index contributed by atoms with van der Waals surface area (Å²) in [5.74, 6) is 1.02. The number of carbonyl (C=O) groups is 1. The minimum absolute atomic E-state index is 0.0330. The molecular formula is C23H28N2O2. The number of aromatic nitrogens is 1. The van der Waals surface area contributed by atoms with E-state index in [9.17, 15) is 4.79 Å². The van der Waals surface area contributed by atoms with Crippen LogP contribution in [0.3, 0.4) is 0 Å². The molecule has 142 valence electrons. The molecule has 27 heavy (non-hydrogen) atoms. The molecule has 4 heteroatoms. The summed E-state index contributed by atoms with van der Waals surface area (Å²) in [4.78, 5) is 18.1. The van der Waals surface area contributed by atoms with Crippen molar-refractivity contribution < 1.29 is 9.53 Å². The molecule has 2 aromatic carbocycles. The van der Waals surface area contributed by atoms with E-state index in [0.29, 0.717) is 13.0 Å². The van der Waals surface area contributed by atoms with Gasteiger partial charge in [-0.05, 0) is 56.0 Å². The SMILES string of the molecule is CCN(C(=O)CCCc1c[nH]c2ccccc12)C(C)c1cccc(OC)c1. The Morgan fingerprint density at radius 1 is 1.19 bits per heavy atom. The molecule has 0 aliphatic heterocycles. The highest BCUT2D eigenvalue weighted by Gasteiger charge is 2.20. The lowest BCUT2D eigenvalue weighted by Crippen LogP contribution is -2.33. The topological polar surface area (TPSA) is 45.3 Å². The van der Waals surface area contributed by atoms with Gasteiger partial charge in [-0.25, -0.2) is 0 Å². The van der Waals surface area contributed by atoms with Crippen LogP contribution in [-0.4, -0.2) is 29.4 Å². The van der Waals surface area contributed by atoms with Gasteiger partial charge in [0.05, 0.1) is 13.2 Å². The molecule has 0 spiro atoms. The summed E-state index contributed by atoms with van der Waals surface area (Å²) in [6.45, 7) is 4.81. The largest absolute Gasteiger partial charge is 0.497 e. The lowest BCUT2D eigenvalue weighted by molar-refractivity contribution is -0.133. The Morgan fingerprint density at radius 3 is 2.78 bits per heavy atom. The number of nitrogens with zero attached hydrogens (tertiary/aromatic N) is 1. The quantitative estimate of drug-likeness (QED) is 0.604. The van der Waals surface area contributed by atoms with Gasteiger partial charge in [-0.15, -0.1) is 0 Å². The van der Waals surface area contributed by atoms with E-state index in [1.54, 1.807) is 7.11 Å². The van der Waals surface area contributed by atoms with Crippen LogP contribution in [0.15, 0.2) is 54.7 Å². The van der Waals surface area contributed by atoms with Gasteiger partial charge < -0.3 is 14.6 Å². The summed E-state index contributed by atoms with van der Waals surface area (Å²) in [5.41, 5.74) is 3.53. The van der Waals surface area contributed by atoms with Crippen LogP contribution in [0, 0.1) is 0 Å². The van der Waals surface area contributed by atoms with Crippen LogP contribution in [0.1, 0.15) is 43.9 Å². The molecule has 0 bridgehead atoms. The molecule has 1 unspecified atom stereocenters. The van der Waals surface area contributed by atoms with E-state index in [0.717, 1.165) is 29.7 Å². The molecule has 1 atom stereocenters. The Bertz CT molecular complexity index is 900. The van der Waals surface area contributed by atoms with E-state index >= 15 is 0 Å². The lowest BCUT2D eigenvalue weighted by Gasteiger charge is -2.29. The van der Waals surface area contributed by atoms with Crippen LogP contribution < -0.4 is 4.74 Å².